The molecule has 0 spiro atoms. The molecule has 0 aliphatic heterocycles. The molecule has 0 aliphatic carbocycles. The molecule has 0 saturated carbocycles. The largest absolute Gasteiger partial charge is 0.484 e. The summed E-state index contributed by atoms with van der Waals surface area (Å²) in [6, 6.07) is 3.07. The summed E-state index contributed by atoms with van der Waals surface area (Å²) in [5, 5.41) is 12.6. The van der Waals surface area contributed by atoms with Gasteiger partial charge in [-0.2, -0.15) is 4.39 Å². The van der Waals surface area contributed by atoms with Crippen LogP contribution in [0.2, 0.25) is 0 Å². The average Bonchev–Trinajstić information content (AvgIpc) is 2.25. The number of hydrogen-bond donors (Lipinski definition) is 1. The first-order chi connectivity index (χ1) is 7.54. The molecular weight excluding hydrogens is 219 g/mol. The van der Waals surface area contributed by atoms with Gasteiger partial charge in [-0.05, 0) is 6.07 Å². The van der Waals surface area contributed by atoms with Crippen molar-refractivity contribution in [3.63, 3.8) is 0 Å². The van der Waals surface area contributed by atoms with Gasteiger partial charge in [0.2, 0.25) is 5.82 Å². The van der Waals surface area contributed by atoms with E-state index in [1.54, 1.807) is 0 Å². The lowest BCUT2D eigenvalue weighted by molar-refractivity contribution is -0.387. The van der Waals surface area contributed by atoms with Gasteiger partial charge in [0.1, 0.15) is 5.75 Å². The lowest BCUT2D eigenvalue weighted by Gasteiger charge is -2.04. The van der Waals surface area contributed by atoms with Gasteiger partial charge in [-0.25, -0.2) is 0 Å². The van der Waals surface area contributed by atoms with E-state index in [4.69, 9.17) is 4.74 Å². The predicted molar refractivity (Wildman–Crippen MR) is 52.6 cm³/mol. The molecular formula is C9H9FN2O4. The van der Waals surface area contributed by atoms with Crippen LogP contribution in [0.15, 0.2) is 18.2 Å². The van der Waals surface area contributed by atoms with Crippen molar-refractivity contribution in [3.8, 4) is 5.75 Å². The second-order valence-electron chi connectivity index (χ2n) is 2.83. The van der Waals surface area contributed by atoms with Gasteiger partial charge in [-0.1, -0.05) is 0 Å². The van der Waals surface area contributed by atoms with Crippen molar-refractivity contribution in [3.05, 3.63) is 34.1 Å². The molecule has 1 amide bonds. The zero-order valence-electron chi connectivity index (χ0n) is 8.40. The molecule has 0 saturated heterocycles. The summed E-state index contributed by atoms with van der Waals surface area (Å²) in [6.45, 7) is -0.270. The summed E-state index contributed by atoms with van der Waals surface area (Å²) in [6.07, 6.45) is 0. The van der Waals surface area contributed by atoms with E-state index in [1.165, 1.54) is 13.1 Å². The number of nitrogens with zero attached hydrogens (tertiary/aromatic N) is 1. The maximum atomic E-state index is 13.1. The van der Waals surface area contributed by atoms with Crippen LogP contribution < -0.4 is 10.1 Å². The van der Waals surface area contributed by atoms with E-state index in [1.807, 2.05) is 0 Å². The number of benzene rings is 1. The molecule has 0 fully saturated rings. The van der Waals surface area contributed by atoms with Crippen LogP contribution in [0.5, 0.6) is 5.75 Å². The summed E-state index contributed by atoms with van der Waals surface area (Å²) < 4.78 is 18.0. The lowest BCUT2D eigenvalue weighted by Crippen LogP contribution is -2.24. The SMILES string of the molecule is CNC(=O)COc1ccc([N+](=O)[O-])c(F)c1. The Balaban J connectivity index is 2.74. The molecule has 0 radical (unpaired) electrons. The molecule has 0 heterocycles. The van der Waals surface area contributed by atoms with Crippen molar-refractivity contribution in [2.75, 3.05) is 13.7 Å². The number of nitrogens with one attached hydrogen (secondary N) is 1. The summed E-state index contributed by atoms with van der Waals surface area (Å²) in [5.74, 6) is -1.31. The summed E-state index contributed by atoms with van der Waals surface area (Å²) >= 11 is 0. The second kappa shape index (κ2) is 5.06. The Kier molecular flexibility index (Phi) is 3.76. The van der Waals surface area contributed by atoms with Crippen molar-refractivity contribution in [2.24, 2.45) is 0 Å². The molecule has 86 valence electrons. The van der Waals surface area contributed by atoms with E-state index in [-0.39, 0.29) is 18.3 Å². The van der Waals surface area contributed by atoms with Crippen LogP contribution in [0, 0.1) is 15.9 Å². The van der Waals surface area contributed by atoms with E-state index in [0.29, 0.717) is 0 Å². The minimum atomic E-state index is -1.00. The van der Waals surface area contributed by atoms with Crippen molar-refractivity contribution in [1.29, 1.82) is 0 Å². The van der Waals surface area contributed by atoms with Gasteiger partial charge < -0.3 is 10.1 Å². The Morgan fingerprint density at radius 3 is 2.81 bits per heavy atom. The molecule has 16 heavy (non-hydrogen) atoms. The van der Waals surface area contributed by atoms with Gasteiger partial charge in [-0.3, -0.25) is 14.9 Å². The monoisotopic (exact) mass is 228 g/mol. The summed E-state index contributed by atoms with van der Waals surface area (Å²) in [4.78, 5) is 20.3. The van der Waals surface area contributed by atoms with Gasteiger partial charge in [0.25, 0.3) is 5.91 Å². The maximum Gasteiger partial charge on any atom is 0.305 e. The van der Waals surface area contributed by atoms with Crippen molar-refractivity contribution < 1.29 is 18.8 Å². The Bertz CT molecular complexity index is 422. The second-order valence-corrected chi connectivity index (χ2v) is 2.83. The predicted octanol–water partition coefficient (Wildman–Crippen LogP) is 0.859. The molecule has 1 N–H and O–H groups in total. The molecule has 1 aromatic rings. The van der Waals surface area contributed by atoms with E-state index >= 15 is 0 Å². The van der Waals surface area contributed by atoms with Crippen molar-refractivity contribution in [1.82, 2.24) is 5.32 Å². The van der Waals surface area contributed by atoms with Gasteiger partial charge in [0.05, 0.1) is 4.92 Å². The first-order valence-electron chi connectivity index (χ1n) is 4.32. The first-order valence-corrected chi connectivity index (χ1v) is 4.32. The minimum absolute atomic E-state index is 0.0618. The molecule has 1 aromatic carbocycles. The highest BCUT2D eigenvalue weighted by Crippen LogP contribution is 2.22. The van der Waals surface area contributed by atoms with Crippen LogP contribution in [0.3, 0.4) is 0 Å². The zero-order chi connectivity index (χ0) is 12.1. The molecule has 0 unspecified atom stereocenters. The fourth-order valence-corrected chi connectivity index (χ4v) is 0.947. The average molecular weight is 228 g/mol. The third-order valence-corrected chi connectivity index (χ3v) is 1.76. The maximum absolute atomic E-state index is 13.1. The normalized spacial score (nSPS) is 9.62. The fraction of sp³-hybridized carbons (Fsp3) is 0.222. The Hall–Kier alpha value is -2.18. The zero-order valence-corrected chi connectivity index (χ0v) is 8.40. The van der Waals surface area contributed by atoms with Crippen LogP contribution >= 0.6 is 0 Å². The Morgan fingerprint density at radius 2 is 2.31 bits per heavy atom. The Labute approximate surface area is 90.2 Å². The highest BCUT2D eigenvalue weighted by molar-refractivity contribution is 5.77. The topological polar surface area (TPSA) is 81.5 Å². The standard InChI is InChI=1S/C9H9FN2O4/c1-11-9(13)5-16-6-2-3-8(12(14)15)7(10)4-6/h2-4H,5H2,1H3,(H,11,13). The van der Waals surface area contributed by atoms with Gasteiger partial charge in [0, 0.05) is 19.2 Å². The van der Waals surface area contributed by atoms with Crippen molar-refractivity contribution in [2.45, 2.75) is 0 Å². The summed E-state index contributed by atoms with van der Waals surface area (Å²) in [5.41, 5.74) is -0.632. The fourth-order valence-electron chi connectivity index (χ4n) is 0.947. The number of nitro benzene ring substituents is 1. The van der Waals surface area contributed by atoms with Gasteiger partial charge in [0.15, 0.2) is 6.61 Å². The lowest BCUT2D eigenvalue weighted by atomic mass is 10.3. The third-order valence-electron chi connectivity index (χ3n) is 1.76. The van der Waals surface area contributed by atoms with Crippen LogP contribution in [-0.2, 0) is 4.79 Å². The number of nitro groups is 1. The van der Waals surface area contributed by atoms with Crippen LogP contribution in [-0.4, -0.2) is 24.5 Å². The van der Waals surface area contributed by atoms with E-state index < -0.39 is 16.4 Å². The quantitative estimate of drug-likeness (QED) is 0.612. The highest BCUT2D eigenvalue weighted by Gasteiger charge is 2.14. The van der Waals surface area contributed by atoms with Gasteiger partial charge in [-0.15, -0.1) is 0 Å². The highest BCUT2D eigenvalue weighted by atomic mass is 19.1. The van der Waals surface area contributed by atoms with Gasteiger partial charge >= 0.3 is 5.69 Å². The number of halogens is 1. The molecule has 6 nitrogen and oxygen atoms in total. The van der Waals surface area contributed by atoms with E-state index in [9.17, 15) is 19.3 Å². The van der Waals surface area contributed by atoms with Crippen molar-refractivity contribution >= 4 is 11.6 Å². The van der Waals surface area contributed by atoms with Crippen LogP contribution in [0.1, 0.15) is 0 Å². The Morgan fingerprint density at radius 1 is 1.62 bits per heavy atom. The molecule has 0 atom stereocenters. The molecule has 0 bridgehead atoms. The molecule has 0 aliphatic rings. The number of carbonyl (C=O) groups excluding carboxylic acids is 1. The summed E-state index contributed by atoms with van der Waals surface area (Å²) in [7, 11) is 1.43. The molecule has 0 aromatic heterocycles. The number of likely N-dealkylation sites (N-methyl/N-ethyl adjacent to an activating group) is 1. The smallest absolute Gasteiger partial charge is 0.305 e. The van der Waals surface area contributed by atoms with Crippen LogP contribution in [0.25, 0.3) is 0 Å². The minimum Gasteiger partial charge on any atom is -0.484 e. The number of rotatable bonds is 4. The number of carbonyl (C=O) groups is 1. The van der Waals surface area contributed by atoms with E-state index in [2.05, 4.69) is 5.32 Å². The van der Waals surface area contributed by atoms with E-state index in [0.717, 1.165) is 12.1 Å². The number of amides is 1. The molecule has 1 rings (SSSR count). The van der Waals surface area contributed by atoms with Crippen LogP contribution in [0.4, 0.5) is 10.1 Å². The first kappa shape index (κ1) is 11.9. The molecule has 7 heteroatoms. The number of hydrogen-bond acceptors (Lipinski definition) is 4. The third kappa shape index (κ3) is 2.91. The number of ether oxygens (including phenoxy) is 1.